The Balaban J connectivity index is 2.03. The highest BCUT2D eigenvalue weighted by atomic mass is 19.1. The number of hydrogen-bond donors (Lipinski definition) is 0. The lowest BCUT2D eigenvalue weighted by atomic mass is 10.1. The van der Waals surface area contributed by atoms with Crippen LogP contribution in [0.3, 0.4) is 0 Å². The average molecular weight is 248 g/mol. The molecule has 0 bridgehead atoms. The molecule has 18 heavy (non-hydrogen) atoms. The summed E-state index contributed by atoms with van der Waals surface area (Å²) in [7, 11) is 0. The van der Waals surface area contributed by atoms with Crippen molar-refractivity contribution in [3.63, 3.8) is 0 Å². The third-order valence-electron chi connectivity index (χ3n) is 3.24. The smallest absolute Gasteiger partial charge is 0.140 e. The zero-order valence-electron chi connectivity index (χ0n) is 10.5. The molecule has 96 valence electrons. The molecule has 0 aromatic heterocycles. The molecule has 0 saturated carbocycles. The molecule has 1 aromatic rings. The molecule has 1 aliphatic heterocycles. The lowest BCUT2D eigenvalue weighted by molar-refractivity contribution is -0.0324. The zero-order valence-corrected chi connectivity index (χ0v) is 10.5. The summed E-state index contributed by atoms with van der Waals surface area (Å²) in [5, 5.41) is 8.81. The van der Waals surface area contributed by atoms with Gasteiger partial charge in [0, 0.05) is 19.6 Å². The van der Waals surface area contributed by atoms with E-state index in [1.165, 1.54) is 6.07 Å². The van der Waals surface area contributed by atoms with Gasteiger partial charge in [0.1, 0.15) is 11.9 Å². The molecule has 3 nitrogen and oxygen atoms in total. The first-order valence-corrected chi connectivity index (χ1v) is 6.25. The molecule has 1 saturated heterocycles. The number of benzene rings is 1. The van der Waals surface area contributed by atoms with Crippen molar-refractivity contribution in [1.82, 2.24) is 4.90 Å². The van der Waals surface area contributed by atoms with Gasteiger partial charge in [-0.1, -0.05) is 13.0 Å². The van der Waals surface area contributed by atoms with E-state index in [2.05, 4.69) is 11.8 Å². The van der Waals surface area contributed by atoms with Crippen LogP contribution >= 0.6 is 0 Å². The molecule has 0 spiro atoms. The van der Waals surface area contributed by atoms with Gasteiger partial charge >= 0.3 is 0 Å². The van der Waals surface area contributed by atoms with E-state index in [4.69, 9.17) is 10.00 Å². The number of halogens is 1. The van der Waals surface area contributed by atoms with Gasteiger partial charge in [-0.05, 0) is 24.1 Å². The largest absolute Gasteiger partial charge is 0.376 e. The fraction of sp³-hybridized carbons (Fsp3) is 0.500. The van der Waals surface area contributed by atoms with E-state index in [0.717, 1.165) is 38.2 Å². The van der Waals surface area contributed by atoms with Crippen LogP contribution in [-0.4, -0.2) is 30.7 Å². The van der Waals surface area contributed by atoms with Crippen molar-refractivity contribution in [1.29, 1.82) is 5.26 Å². The summed E-state index contributed by atoms with van der Waals surface area (Å²) in [4.78, 5) is 2.28. The van der Waals surface area contributed by atoms with Crippen molar-refractivity contribution >= 4 is 0 Å². The number of rotatable bonds is 3. The third-order valence-corrected chi connectivity index (χ3v) is 3.24. The van der Waals surface area contributed by atoms with Gasteiger partial charge in [-0.3, -0.25) is 4.90 Å². The van der Waals surface area contributed by atoms with Gasteiger partial charge in [-0.25, -0.2) is 4.39 Å². The van der Waals surface area contributed by atoms with Crippen LogP contribution in [0.2, 0.25) is 0 Å². The van der Waals surface area contributed by atoms with Crippen molar-refractivity contribution < 1.29 is 9.13 Å². The Hall–Kier alpha value is -1.44. The van der Waals surface area contributed by atoms with Gasteiger partial charge in [0.05, 0.1) is 18.3 Å². The summed E-state index contributed by atoms with van der Waals surface area (Å²) >= 11 is 0. The fourth-order valence-corrected chi connectivity index (χ4v) is 2.19. The third kappa shape index (κ3) is 3.06. The topological polar surface area (TPSA) is 36.3 Å². The fourth-order valence-electron chi connectivity index (χ4n) is 2.19. The van der Waals surface area contributed by atoms with Crippen LogP contribution in [0.4, 0.5) is 4.39 Å². The summed E-state index contributed by atoms with van der Waals surface area (Å²) in [5.74, 6) is -0.449. The summed E-state index contributed by atoms with van der Waals surface area (Å²) in [6.45, 7) is 5.38. The van der Waals surface area contributed by atoms with E-state index in [1.807, 2.05) is 6.07 Å². The molecule has 0 N–H and O–H groups in total. The van der Waals surface area contributed by atoms with Gasteiger partial charge in [0.15, 0.2) is 0 Å². The highest BCUT2D eigenvalue weighted by Gasteiger charge is 2.19. The van der Waals surface area contributed by atoms with Crippen LogP contribution in [0.25, 0.3) is 0 Å². The van der Waals surface area contributed by atoms with E-state index < -0.39 is 5.82 Å². The van der Waals surface area contributed by atoms with Crippen molar-refractivity contribution in [2.45, 2.75) is 26.0 Å². The number of nitrogens with zero attached hydrogens (tertiary/aromatic N) is 2. The molecule has 1 aliphatic rings. The quantitative estimate of drug-likeness (QED) is 0.823. The minimum absolute atomic E-state index is 0.118. The molecule has 1 unspecified atom stereocenters. The molecule has 0 radical (unpaired) electrons. The first-order chi connectivity index (χ1) is 8.72. The maximum atomic E-state index is 13.2. The molecule has 0 amide bonds. The Morgan fingerprint density at radius 2 is 2.39 bits per heavy atom. The van der Waals surface area contributed by atoms with Crippen LogP contribution < -0.4 is 0 Å². The summed E-state index contributed by atoms with van der Waals surface area (Å²) in [6.07, 6.45) is 1.29. The first kappa shape index (κ1) is 13.0. The number of ether oxygens (including phenoxy) is 1. The molecular formula is C14H17FN2O. The molecule has 4 heteroatoms. The number of nitriles is 1. The van der Waals surface area contributed by atoms with Crippen molar-refractivity contribution in [2.75, 3.05) is 19.7 Å². The molecule has 0 aliphatic carbocycles. The van der Waals surface area contributed by atoms with E-state index in [9.17, 15) is 4.39 Å². The predicted molar refractivity (Wildman–Crippen MR) is 66.4 cm³/mol. The van der Waals surface area contributed by atoms with Gasteiger partial charge in [-0.15, -0.1) is 0 Å². The van der Waals surface area contributed by atoms with Crippen LogP contribution in [0.1, 0.15) is 24.5 Å². The molecule has 1 fully saturated rings. The maximum Gasteiger partial charge on any atom is 0.140 e. The molecule has 1 heterocycles. The lowest BCUT2D eigenvalue weighted by Crippen LogP contribution is -2.41. The van der Waals surface area contributed by atoms with E-state index in [-0.39, 0.29) is 11.7 Å². The second-order valence-corrected chi connectivity index (χ2v) is 4.56. The van der Waals surface area contributed by atoms with Gasteiger partial charge in [-0.2, -0.15) is 5.26 Å². The Morgan fingerprint density at radius 1 is 1.56 bits per heavy atom. The normalized spacial score (nSPS) is 20.6. The highest BCUT2D eigenvalue weighted by Crippen LogP contribution is 2.15. The Labute approximate surface area is 107 Å². The standard InChI is InChI=1S/C14H17FN2O/c1-2-13-10-17(5-6-18-13)9-11-3-4-14(15)12(7-11)8-16/h3-4,7,13H,2,5-6,9-10H2,1H3. The SMILES string of the molecule is CCC1CN(Cc2ccc(F)c(C#N)c2)CCO1. The Bertz CT molecular complexity index is 456. The van der Waals surface area contributed by atoms with Crippen LogP contribution in [0, 0.1) is 17.1 Å². The molecule has 1 aromatic carbocycles. The van der Waals surface area contributed by atoms with Gasteiger partial charge in [0.25, 0.3) is 0 Å². The lowest BCUT2D eigenvalue weighted by Gasteiger charge is -2.32. The minimum atomic E-state index is -0.449. The summed E-state index contributed by atoms with van der Waals surface area (Å²) < 4.78 is 18.8. The van der Waals surface area contributed by atoms with Crippen molar-refractivity contribution in [3.8, 4) is 6.07 Å². The zero-order chi connectivity index (χ0) is 13.0. The molecule has 1 atom stereocenters. The monoisotopic (exact) mass is 248 g/mol. The second-order valence-electron chi connectivity index (χ2n) is 4.56. The average Bonchev–Trinajstić information content (AvgIpc) is 2.41. The first-order valence-electron chi connectivity index (χ1n) is 6.25. The van der Waals surface area contributed by atoms with Crippen molar-refractivity contribution in [2.24, 2.45) is 0 Å². The predicted octanol–water partition coefficient (Wildman–Crippen LogP) is 2.31. The van der Waals surface area contributed by atoms with E-state index >= 15 is 0 Å². The summed E-state index contributed by atoms with van der Waals surface area (Å²) in [6, 6.07) is 6.61. The van der Waals surface area contributed by atoms with Gasteiger partial charge < -0.3 is 4.74 Å². The Morgan fingerprint density at radius 3 is 3.11 bits per heavy atom. The van der Waals surface area contributed by atoms with Crippen LogP contribution in [0.5, 0.6) is 0 Å². The second kappa shape index (κ2) is 5.94. The molecular weight excluding hydrogens is 231 g/mol. The van der Waals surface area contributed by atoms with Crippen molar-refractivity contribution in [3.05, 3.63) is 35.1 Å². The highest BCUT2D eigenvalue weighted by molar-refractivity contribution is 5.34. The summed E-state index contributed by atoms with van der Waals surface area (Å²) in [5.41, 5.74) is 1.09. The number of hydrogen-bond acceptors (Lipinski definition) is 3. The molecule has 2 rings (SSSR count). The van der Waals surface area contributed by atoms with Crippen LogP contribution in [-0.2, 0) is 11.3 Å². The van der Waals surface area contributed by atoms with E-state index in [1.54, 1.807) is 12.1 Å². The van der Waals surface area contributed by atoms with Crippen LogP contribution in [0.15, 0.2) is 18.2 Å². The minimum Gasteiger partial charge on any atom is -0.376 e. The van der Waals surface area contributed by atoms with Gasteiger partial charge in [0.2, 0.25) is 0 Å². The Kier molecular flexibility index (Phi) is 4.29. The maximum absolute atomic E-state index is 13.2. The number of morpholine rings is 1. The van der Waals surface area contributed by atoms with E-state index in [0.29, 0.717) is 0 Å².